The van der Waals surface area contributed by atoms with Crippen LogP contribution >= 0.6 is 0 Å². The van der Waals surface area contributed by atoms with Crippen LogP contribution in [0, 0.1) is 12.7 Å². The van der Waals surface area contributed by atoms with Crippen LogP contribution in [0.5, 0.6) is 5.75 Å². The molecule has 7 nitrogen and oxygen atoms in total. The molecule has 164 valence electrons. The van der Waals surface area contributed by atoms with Crippen LogP contribution in [0.25, 0.3) is 0 Å². The summed E-state index contributed by atoms with van der Waals surface area (Å²) in [7, 11) is 0. The van der Waals surface area contributed by atoms with E-state index in [4.69, 9.17) is 4.74 Å². The van der Waals surface area contributed by atoms with Crippen molar-refractivity contribution in [2.75, 3.05) is 26.2 Å². The molecule has 2 aromatic rings. The van der Waals surface area contributed by atoms with Crippen LogP contribution in [-0.2, 0) is 4.79 Å². The third-order valence-electron chi connectivity index (χ3n) is 5.92. The topological polar surface area (TPSA) is 75.6 Å². The van der Waals surface area contributed by atoms with E-state index in [1.165, 1.54) is 24.3 Å². The number of carbonyl (C=O) groups is 2. The van der Waals surface area contributed by atoms with Crippen LogP contribution in [0.15, 0.2) is 30.5 Å². The first-order chi connectivity index (χ1) is 15.0. The normalized spacial score (nSPS) is 18.8. The zero-order valence-electron chi connectivity index (χ0n) is 17.7. The van der Waals surface area contributed by atoms with Crippen molar-refractivity contribution in [3.8, 4) is 5.75 Å². The van der Waals surface area contributed by atoms with Gasteiger partial charge in [0.15, 0.2) is 12.4 Å². The summed E-state index contributed by atoms with van der Waals surface area (Å²) in [5.41, 5.74) is 1.17. The van der Waals surface area contributed by atoms with Crippen molar-refractivity contribution in [1.29, 1.82) is 0 Å². The van der Waals surface area contributed by atoms with Crippen molar-refractivity contribution in [1.82, 2.24) is 19.8 Å². The number of likely N-dealkylation sites (tertiary alicyclic amines) is 2. The number of carbonyl (C=O) groups excluding carboxylic acids is 2. The first-order valence-electron chi connectivity index (χ1n) is 10.8. The molecule has 4 rings (SSSR count). The van der Waals surface area contributed by atoms with Crippen LogP contribution in [-0.4, -0.2) is 57.8 Å². The van der Waals surface area contributed by atoms with Crippen LogP contribution in [0.2, 0.25) is 0 Å². The van der Waals surface area contributed by atoms with Gasteiger partial charge in [0, 0.05) is 25.8 Å². The molecule has 0 spiro atoms. The lowest BCUT2D eigenvalue weighted by atomic mass is 10.1. The molecule has 2 amide bonds. The van der Waals surface area contributed by atoms with Crippen LogP contribution in [0.4, 0.5) is 4.39 Å². The minimum Gasteiger partial charge on any atom is -0.484 e. The van der Waals surface area contributed by atoms with Gasteiger partial charge in [0.2, 0.25) is 0 Å². The highest BCUT2D eigenvalue weighted by Gasteiger charge is 2.33. The fraction of sp³-hybridized carbons (Fsp3) is 0.478. The van der Waals surface area contributed by atoms with E-state index in [1.807, 2.05) is 11.8 Å². The predicted molar refractivity (Wildman–Crippen MR) is 112 cm³/mol. The number of piperidine rings is 1. The summed E-state index contributed by atoms with van der Waals surface area (Å²) in [5, 5.41) is 0. The molecule has 0 bridgehead atoms. The summed E-state index contributed by atoms with van der Waals surface area (Å²) >= 11 is 0. The molecule has 2 aliphatic heterocycles. The average molecular weight is 426 g/mol. The fourth-order valence-electron chi connectivity index (χ4n) is 4.22. The second kappa shape index (κ2) is 9.41. The maximum Gasteiger partial charge on any atom is 0.261 e. The van der Waals surface area contributed by atoms with Gasteiger partial charge in [0.1, 0.15) is 11.6 Å². The van der Waals surface area contributed by atoms with E-state index in [0.717, 1.165) is 45.2 Å². The van der Waals surface area contributed by atoms with Gasteiger partial charge in [-0.25, -0.2) is 14.4 Å². The summed E-state index contributed by atoms with van der Waals surface area (Å²) in [4.78, 5) is 38.2. The van der Waals surface area contributed by atoms with Gasteiger partial charge in [0.05, 0.1) is 17.3 Å². The smallest absolute Gasteiger partial charge is 0.261 e. The Bertz CT molecular complexity index is 944. The third-order valence-corrected chi connectivity index (χ3v) is 5.92. The van der Waals surface area contributed by atoms with E-state index in [1.54, 1.807) is 11.1 Å². The molecule has 31 heavy (non-hydrogen) atoms. The molecule has 0 radical (unpaired) electrons. The number of benzene rings is 1. The molecule has 1 atom stereocenters. The molecule has 2 aliphatic rings. The fourth-order valence-corrected chi connectivity index (χ4v) is 4.22. The van der Waals surface area contributed by atoms with Crippen molar-refractivity contribution in [2.24, 2.45) is 0 Å². The number of amides is 2. The van der Waals surface area contributed by atoms with Gasteiger partial charge in [-0.05, 0) is 63.3 Å². The van der Waals surface area contributed by atoms with Gasteiger partial charge in [-0.15, -0.1) is 0 Å². The Morgan fingerprint density at radius 3 is 2.55 bits per heavy atom. The van der Waals surface area contributed by atoms with Gasteiger partial charge >= 0.3 is 0 Å². The Morgan fingerprint density at radius 2 is 1.84 bits per heavy atom. The average Bonchev–Trinajstić information content (AvgIpc) is 3.29. The molecule has 1 unspecified atom stereocenters. The highest BCUT2D eigenvalue weighted by atomic mass is 19.1. The first kappa shape index (κ1) is 21.2. The summed E-state index contributed by atoms with van der Waals surface area (Å²) in [6.07, 6.45) is 6.44. The molecule has 1 aromatic carbocycles. The lowest BCUT2D eigenvalue weighted by molar-refractivity contribution is -0.134. The minimum absolute atomic E-state index is 0.0178. The SMILES string of the molecule is Cc1nc(C2CCCN2C(=O)COc2ccc(F)cc2)ncc1C(=O)N1CCCCC1. The highest BCUT2D eigenvalue weighted by Crippen LogP contribution is 2.30. The third kappa shape index (κ3) is 4.84. The number of rotatable bonds is 5. The Balaban J connectivity index is 1.42. The molecule has 2 saturated heterocycles. The molecule has 0 aliphatic carbocycles. The number of hydrogen-bond donors (Lipinski definition) is 0. The molecule has 0 saturated carbocycles. The monoisotopic (exact) mass is 426 g/mol. The molecule has 0 N–H and O–H groups in total. The second-order valence-electron chi connectivity index (χ2n) is 8.07. The zero-order chi connectivity index (χ0) is 21.8. The Kier molecular flexibility index (Phi) is 6.44. The standard InChI is InChI=1S/C23H27FN4O3/c1-16-19(23(30)27-11-3-2-4-12-27)14-25-22(26-16)20-6-5-13-28(20)21(29)15-31-18-9-7-17(24)8-10-18/h7-10,14,20H,2-6,11-13,15H2,1H3. The maximum atomic E-state index is 13.0. The lowest BCUT2D eigenvalue weighted by Gasteiger charge is -2.27. The summed E-state index contributed by atoms with van der Waals surface area (Å²) in [5.74, 6) is 0.462. The van der Waals surface area contributed by atoms with E-state index < -0.39 is 0 Å². The predicted octanol–water partition coefficient (Wildman–Crippen LogP) is 3.29. The highest BCUT2D eigenvalue weighted by molar-refractivity contribution is 5.95. The van der Waals surface area contributed by atoms with Gasteiger partial charge in [-0.1, -0.05) is 0 Å². The first-order valence-corrected chi connectivity index (χ1v) is 10.8. The largest absolute Gasteiger partial charge is 0.484 e. The maximum absolute atomic E-state index is 13.0. The van der Waals surface area contributed by atoms with Gasteiger partial charge in [0.25, 0.3) is 11.8 Å². The Morgan fingerprint density at radius 1 is 1.10 bits per heavy atom. The number of halogens is 1. The van der Waals surface area contributed by atoms with E-state index >= 15 is 0 Å². The summed E-state index contributed by atoms with van der Waals surface area (Å²) < 4.78 is 18.5. The number of ether oxygens (including phenoxy) is 1. The molecule has 8 heteroatoms. The molecular weight excluding hydrogens is 399 g/mol. The van der Waals surface area contributed by atoms with Crippen LogP contribution < -0.4 is 4.74 Å². The number of nitrogens with zero attached hydrogens (tertiary/aromatic N) is 4. The van der Waals surface area contributed by atoms with Crippen molar-refractivity contribution >= 4 is 11.8 Å². The number of hydrogen-bond acceptors (Lipinski definition) is 5. The lowest BCUT2D eigenvalue weighted by Crippen LogP contribution is -2.37. The Hall–Kier alpha value is -3.03. The van der Waals surface area contributed by atoms with E-state index in [-0.39, 0.29) is 30.3 Å². The van der Waals surface area contributed by atoms with Crippen LogP contribution in [0.1, 0.15) is 60.0 Å². The van der Waals surface area contributed by atoms with E-state index in [9.17, 15) is 14.0 Å². The van der Waals surface area contributed by atoms with Crippen molar-refractivity contribution < 1.29 is 18.7 Å². The zero-order valence-corrected chi connectivity index (χ0v) is 17.7. The summed E-state index contributed by atoms with van der Waals surface area (Å²) in [6.45, 7) is 3.85. The van der Waals surface area contributed by atoms with Crippen molar-refractivity contribution in [2.45, 2.75) is 45.1 Å². The van der Waals surface area contributed by atoms with Gasteiger partial charge < -0.3 is 14.5 Å². The molecule has 2 fully saturated rings. The number of aromatic nitrogens is 2. The molecule has 1 aromatic heterocycles. The minimum atomic E-state index is -0.354. The van der Waals surface area contributed by atoms with Crippen molar-refractivity contribution in [3.05, 3.63) is 53.4 Å². The second-order valence-corrected chi connectivity index (χ2v) is 8.07. The molecular formula is C23H27FN4O3. The Labute approximate surface area is 181 Å². The van der Waals surface area contributed by atoms with Crippen LogP contribution in [0.3, 0.4) is 0 Å². The van der Waals surface area contributed by atoms with Crippen molar-refractivity contribution in [3.63, 3.8) is 0 Å². The number of aryl methyl sites for hydroxylation is 1. The molecule has 3 heterocycles. The van der Waals surface area contributed by atoms with Gasteiger partial charge in [-0.2, -0.15) is 0 Å². The quantitative estimate of drug-likeness (QED) is 0.733. The van der Waals surface area contributed by atoms with E-state index in [0.29, 0.717) is 29.4 Å². The van der Waals surface area contributed by atoms with Gasteiger partial charge in [-0.3, -0.25) is 9.59 Å². The summed E-state index contributed by atoms with van der Waals surface area (Å²) in [6, 6.07) is 5.34. The van der Waals surface area contributed by atoms with E-state index in [2.05, 4.69) is 9.97 Å².